The molecule has 0 radical (unpaired) electrons. The Balaban J connectivity index is 1.86. The molecule has 3 N–H and O–H groups in total. The average molecular weight is 390 g/mol. The van der Waals surface area contributed by atoms with Gasteiger partial charge >= 0.3 is 0 Å². The van der Waals surface area contributed by atoms with Crippen molar-refractivity contribution in [3.8, 4) is 17.2 Å². The third-order valence-corrected chi connectivity index (χ3v) is 4.63. The molecular weight excluding hydrogens is 367 g/mol. The van der Waals surface area contributed by atoms with Crippen molar-refractivity contribution in [2.75, 3.05) is 27.3 Å². The summed E-state index contributed by atoms with van der Waals surface area (Å²) >= 11 is 0. The van der Waals surface area contributed by atoms with Crippen LogP contribution in [-0.2, 0) is 11.3 Å². The highest BCUT2D eigenvalue weighted by atomic mass is 19.1. The van der Waals surface area contributed by atoms with E-state index in [-0.39, 0.29) is 30.5 Å². The number of benzene rings is 2. The highest BCUT2D eigenvalue weighted by Crippen LogP contribution is 2.33. The lowest BCUT2D eigenvalue weighted by molar-refractivity contribution is 0.0215. The molecule has 2 aromatic carbocycles. The number of hydrogen-bond donors (Lipinski definition) is 2. The Labute approximate surface area is 162 Å². The van der Waals surface area contributed by atoms with Crippen LogP contribution in [0.5, 0.6) is 17.2 Å². The van der Waals surface area contributed by atoms with Gasteiger partial charge in [0, 0.05) is 38.4 Å². The summed E-state index contributed by atoms with van der Waals surface area (Å²) in [6.45, 7) is 0.646. The molecule has 28 heavy (non-hydrogen) atoms. The molecule has 0 unspecified atom stereocenters. The summed E-state index contributed by atoms with van der Waals surface area (Å²) in [5.41, 5.74) is 6.51. The number of carbonyl (C=O) groups is 1. The molecule has 150 valence electrons. The van der Waals surface area contributed by atoms with E-state index in [4.69, 9.17) is 19.9 Å². The van der Waals surface area contributed by atoms with E-state index < -0.39 is 18.0 Å². The van der Waals surface area contributed by atoms with Gasteiger partial charge in [-0.3, -0.25) is 4.79 Å². The normalized spacial score (nSPS) is 19.0. The summed E-state index contributed by atoms with van der Waals surface area (Å²) < 4.78 is 30.0. The van der Waals surface area contributed by atoms with Gasteiger partial charge in [0.1, 0.15) is 17.7 Å². The number of nitrogens with two attached hydrogens (primary N) is 1. The van der Waals surface area contributed by atoms with E-state index in [1.807, 2.05) is 0 Å². The summed E-state index contributed by atoms with van der Waals surface area (Å²) in [7, 11) is 2.97. The Morgan fingerprint density at radius 3 is 2.64 bits per heavy atom. The number of halogens is 1. The largest absolute Gasteiger partial charge is 0.493 e. The van der Waals surface area contributed by atoms with Crippen LogP contribution in [0.2, 0.25) is 0 Å². The molecule has 0 spiro atoms. The quantitative estimate of drug-likeness (QED) is 0.783. The van der Waals surface area contributed by atoms with Gasteiger partial charge < -0.3 is 30.0 Å². The van der Waals surface area contributed by atoms with Gasteiger partial charge in [-0.05, 0) is 35.9 Å². The molecule has 0 aliphatic carbocycles. The van der Waals surface area contributed by atoms with Crippen molar-refractivity contribution in [3.05, 3.63) is 53.3 Å². The number of methoxy groups -OCH3 is 2. The van der Waals surface area contributed by atoms with Gasteiger partial charge in [-0.25, -0.2) is 4.39 Å². The van der Waals surface area contributed by atoms with Crippen molar-refractivity contribution < 1.29 is 28.5 Å². The first kappa shape index (κ1) is 20.1. The average Bonchev–Trinajstić information content (AvgIpc) is 3.07. The Bertz CT molecular complexity index is 860. The third kappa shape index (κ3) is 4.24. The molecule has 0 saturated carbocycles. The van der Waals surface area contributed by atoms with Crippen LogP contribution >= 0.6 is 0 Å². The van der Waals surface area contributed by atoms with Gasteiger partial charge in [-0.1, -0.05) is 0 Å². The number of nitrogens with zero attached hydrogens (tertiary/aromatic N) is 1. The van der Waals surface area contributed by atoms with Crippen molar-refractivity contribution in [3.63, 3.8) is 0 Å². The zero-order valence-electron chi connectivity index (χ0n) is 15.7. The van der Waals surface area contributed by atoms with Crippen LogP contribution in [-0.4, -0.2) is 55.4 Å². The summed E-state index contributed by atoms with van der Waals surface area (Å²) in [4.78, 5) is 14.3. The number of carbonyl (C=O) groups excluding carboxylic acids is 1. The van der Waals surface area contributed by atoms with Crippen LogP contribution in [0, 0.1) is 5.82 Å². The van der Waals surface area contributed by atoms with Crippen molar-refractivity contribution >= 4 is 5.91 Å². The Hall–Kier alpha value is -2.68. The number of amides is 1. The Morgan fingerprint density at radius 2 is 2.00 bits per heavy atom. The standard InChI is InChI=1S/C20H23FN2O5/c1-26-17-4-3-13(20(25)23-10-16(24)19(11-23)27-2)7-18(17)28-15-6-12(9-22)5-14(21)8-15/h3-8,16,19,24H,9-11,22H2,1-2H3/t16-,19-/m0/s1. The van der Waals surface area contributed by atoms with Crippen LogP contribution in [0.15, 0.2) is 36.4 Å². The molecule has 1 heterocycles. The van der Waals surface area contributed by atoms with E-state index in [0.29, 0.717) is 23.4 Å². The molecule has 1 fully saturated rings. The van der Waals surface area contributed by atoms with Crippen molar-refractivity contribution in [2.24, 2.45) is 5.73 Å². The molecule has 2 aromatic rings. The fourth-order valence-electron chi connectivity index (χ4n) is 3.15. The van der Waals surface area contributed by atoms with Gasteiger partial charge in [0.25, 0.3) is 5.91 Å². The Morgan fingerprint density at radius 1 is 1.21 bits per heavy atom. The van der Waals surface area contributed by atoms with E-state index in [0.717, 1.165) is 0 Å². The van der Waals surface area contributed by atoms with Crippen LogP contribution < -0.4 is 15.2 Å². The molecule has 1 amide bonds. The number of β-amino-alcohol motifs (C(OH)–C–C–N with tert-alkyl or cyclic N) is 1. The molecule has 8 heteroatoms. The lowest BCUT2D eigenvalue weighted by Crippen LogP contribution is -2.30. The predicted molar refractivity (Wildman–Crippen MR) is 100 cm³/mol. The molecule has 0 aromatic heterocycles. The molecule has 3 rings (SSSR count). The summed E-state index contributed by atoms with van der Waals surface area (Å²) in [5.74, 6) is 0.171. The highest BCUT2D eigenvalue weighted by Gasteiger charge is 2.34. The van der Waals surface area contributed by atoms with Gasteiger partial charge in [0.05, 0.1) is 13.2 Å². The van der Waals surface area contributed by atoms with Gasteiger partial charge in [0.2, 0.25) is 0 Å². The van der Waals surface area contributed by atoms with Crippen LogP contribution in [0.4, 0.5) is 4.39 Å². The predicted octanol–water partition coefficient (Wildman–Crippen LogP) is 1.92. The second-order valence-electron chi connectivity index (χ2n) is 6.52. The molecule has 0 bridgehead atoms. The smallest absolute Gasteiger partial charge is 0.254 e. The molecule has 1 aliphatic heterocycles. The van der Waals surface area contributed by atoms with Crippen LogP contribution in [0.1, 0.15) is 15.9 Å². The minimum Gasteiger partial charge on any atom is -0.493 e. The fourth-order valence-corrected chi connectivity index (χ4v) is 3.15. The number of aliphatic hydroxyl groups excluding tert-OH is 1. The first-order valence-corrected chi connectivity index (χ1v) is 8.80. The molecule has 1 aliphatic rings. The van der Waals surface area contributed by atoms with E-state index in [9.17, 15) is 14.3 Å². The second kappa shape index (κ2) is 8.55. The SMILES string of the molecule is COc1ccc(C(=O)N2C[C@H](OC)[C@@H](O)C2)cc1Oc1cc(F)cc(CN)c1. The highest BCUT2D eigenvalue weighted by molar-refractivity contribution is 5.95. The lowest BCUT2D eigenvalue weighted by Gasteiger charge is -2.17. The van der Waals surface area contributed by atoms with Gasteiger partial charge in [-0.2, -0.15) is 0 Å². The maximum absolute atomic E-state index is 13.8. The van der Waals surface area contributed by atoms with E-state index in [1.165, 1.54) is 37.3 Å². The zero-order chi connectivity index (χ0) is 20.3. The van der Waals surface area contributed by atoms with Gasteiger partial charge in [-0.15, -0.1) is 0 Å². The van der Waals surface area contributed by atoms with Gasteiger partial charge in [0.15, 0.2) is 11.5 Å². The lowest BCUT2D eigenvalue weighted by atomic mass is 10.1. The minimum absolute atomic E-state index is 0.168. The minimum atomic E-state index is -0.732. The second-order valence-corrected chi connectivity index (χ2v) is 6.52. The molecule has 2 atom stereocenters. The monoisotopic (exact) mass is 390 g/mol. The molecular formula is C20H23FN2O5. The van der Waals surface area contributed by atoms with Crippen molar-refractivity contribution in [1.29, 1.82) is 0 Å². The number of aliphatic hydroxyl groups is 1. The van der Waals surface area contributed by atoms with E-state index in [2.05, 4.69) is 0 Å². The zero-order valence-corrected chi connectivity index (χ0v) is 15.7. The van der Waals surface area contributed by atoms with Crippen molar-refractivity contribution in [2.45, 2.75) is 18.8 Å². The number of hydrogen-bond acceptors (Lipinski definition) is 6. The number of likely N-dealkylation sites (tertiary alicyclic amines) is 1. The number of rotatable bonds is 6. The summed E-state index contributed by atoms with van der Waals surface area (Å²) in [6.07, 6.45) is -1.15. The third-order valence-electron chi connectivity index (χ3n) is 4.63. The summed E-state index contributed by atoms with van der Waals surface area (Å²) in [5, 5.41) is 9.95. The molecule has 1 saturated heterocycles. The Kier molecular flexibility index (Phi) is 6.13. The summed E-state index contributed by atoms with van der Waals surface area (Å²) in [6, 6.07) is 8.92. The fraction of sp³-hybridized carbons (Fsp3) is 0.350. The first-order chi connectivity index (χ1) is 13.4. The van der Waals surface area contributed by atoms with Crippen molar-refractivity contribution in [1.82, 2.24) is 4.90 Å². The maximum atomic E-state index is 13.8. The van der Waals surface area contributed by atoms with Crippen LogP contribution in [0.25, 0.3) is 0 Å². The topological polar surface area (TPSA) is 94.2 Å². The number of ether oxygens (including phenoxy) is 3. The van der Waals surface area contributed by atoms with E-state index in [1.54, 1.807) is 18.2 Å². The van der Waals surface area contributed by atoms with Crippen LogP contribution in [0.3, 0.4) is 0 Å². The molecule has 7 nitrogen and oxygen atoms in total. The van der Waals surface area contributed by atoms with E-state index >= 15 is 0 Å². The maximum Gasteiger partial charge on any atom is 0.254 e. The first-order valence-electron chi connectivity index (χ1n) is 8.80.